The van der Waals surface area contributed by atoms with Gasteiger partial charge in [0.15, 0.2) is 0 Å². The largest absolute Gasteiger partial charge is 0.363 e. The number of fused-ring (bicyclic) bond motifs is 2. The van der Waals surface area contributed by atoms with E-state index in [4.69, 9.17) is 5.73 Å². The van der Waals surface area contributed by atoms with E-state index in [1.54, 1.807) is 27.7 Å². The van der Waals surface area contributed by atoms with Crippen LogP contribution in [0.4, 0.5) is 4.79 Å². The third-order valence-corrected chi connectivity index (χ3v) is 14.1. The molecule has 4 aliphatic rings. The summed E-state index contributed by atoms with van der Waals surface area (Å²) in [5.41, 5.74) is 7.79. The molecule has 0 spiro atoms. The molecular weight excluding hydrogens is 673 g/mol. The van der Waals surface area contributed by atoms with Crippen molar-refractivity contribution in [3.05, 3.63) is 47.5 Å². The number of piperidine rings is 1. The maximum atomic E-state index is 14.7. The average Bonchev–Trinajstić information content (AvgIpc) is 3.79. The van der Waals surface area contributed by atoms with Gasteiger partial charge in [-0.25, -0.2) is 17.5 Å². The molecule has 3 fully saturated rings. The molecule has 1 saturated heterocycles. The quantitative estimate of drug-likeness (QED) is 0.166. The Hall–Kier alpha value is -3.78. The van der Waals surface area contributed by atoms with Gasteiger partial charge in [-0.05, 0) is 87.2 Å². The number of carbonyl (C=O) groups excluding carboxylic acids is 5. The fraction of sp³-hybridized carbons (Fsp3) is 0.649. The van der Waals surface area contributed by atoms with Gasteiger partial charge in [0, 0.05) is 20.1 Å². The van der Waals surface area contributed by atoms with Crippen LogP contribution in [0.2, 0.25) is 0 Å². The molecule has 1 unspecified atom stereocenters. The summed E-state index contributed by atoms with van der Waals surface area (Å²) < 4.78 is 26.3. The highest BCUT2D eigenvalue weighted by Gasteiger charge is 2.70. The zero-order chi connectivity index (χ0) is 37.8. The van der Waals surface area contributed by atoms with Crippen LogP contribution in [0, 0.1) is 29.1 Å². The van der Waals surface area contributed by atoms with Crippen molar-refractivity contribution in [1.29, 1.82) is 0 Å². The Kier molecular flexibility index (Phi) is 10.5. The minimum absolute atomic E-state index is 0.0364. The molecule has 5 amide bonds. The molecule has 13 nitrogen and oxygen atoms in total. The third-order valence-electron chi connectivity index (χ3n) is 11.5. The lowest BCUT2D eigenvalue weighted by atomic mass is 9.93. The predicted molar refractivity (Wildman–Crippen MR) is 192 cm³/mol. The van der Waals surface area contributed by atoms with Crippen LogP contribution in [-0.2, 0) is 42.0 Å². The molecule has 2 saturated carbocycles. The van der Waals surface area contributed by atoms with Crippen molar-refractivity contribution in [2.75, 3.05) is 20.1 Å². The SMILES string of the molecule is C=C(C)[C@@H](CN(C)S(=O)(=O)C(C)(C)C)NC(=O)N[C@H](C(=O)N1C[C@H]2[C@@H]([C@H]1C(=O)NC(CC1CC1)C(=O)C(N)=O)C2(C)C)C1Cc2ccccc2C1. The smallest absolute Gasteiger partial charge is 0.315 e. The number of nitrogens with one attached hydrogen (secondary N) is 3. The first-order chi connectivity index (χ1) is 23.6. The summed E-state index contributed by atoms with van der Waals surface area (Å²) >= 11 is 0. The Morgan fingerprint density at radius 3 is 2.12 bits per heavy atom. The van der Waals surface area contributed by atoms with E-state index in [1.165, 1.54) is 16.3 Å². The molecule has 0 radical (unpaired) electrons. The lowest BCUT2D eigenvalue weighted by Gasteiger charge is -2.36. The molecule has 51 heavy (non-hydrogen) atoms. The number of amides is 5. The van der Waals surface area contributed by atoms with Gasteiger partial charge in [-0.1, -0.05) is 63.1 Å². The summed E-state index contributed by atoms with van der Waals surface area (Å²) in [6, 6.07) is 3.44. The predicted octanol–water partition coefficient (Wildman–Crippen LogP) is 1.90. The Labute approximate surface area is 301 Å². The van der Waals surface area contributed by atoms with Crippen LogP contribution in [0.5, 0.6) is 0 Å². The summed E-state index contributed by atoms with van der Waals surface area (Å²) in [5.74, 6) is -3.13. The summed E-state index contributed by atoms with van der Waals surface area (Å²) in [4.78, 5) is 68.7. The standard InChI is InChI=1S/C37H54N6O7S/c1-20(2)27(19-42(8)51(49,50)36(3,4)5)40-35(48)41-29(24-16-22-11-9-10-12-23(22)17-24)34(47)43-18-25-28(37(25,6)7)30(43)33(46)39-26(15-21-13-14-21)31(44)32(38)45/h9-12,21,24-30H,1,13-19H2,2-8H3,(H2,38,45)(H,39,46)(H2,40,41,48)/t25-,26?,27+,28-,29-,30-/m0/s1. The summed E-state index contributed by atoms with van der Waals surface area (Å²) in [6.07, 6.45) is 3.18. The van der Waals surface area contributed by atoms with Crippen LogP contribution in [-0.4, -0.2) is 96.2 Å². The number of ketones is 1. The second kappa shape index (κ2) is 14.0. The maximum Gasteiger partial charge on any atom is 0.315 e. The van der Waals surface area contributed by atoms with Crippen molar-refractivity contribution in [3.63, 3.8) is 0 Å². The highest BCUT2D eigenvalue weighted by molar-refractivity contribution is 7.90. The average molecular weight is 727 g/mol. The van der Waals surface area contributed by atoms with E-state index < -0.39 is 68.5 Å². The molecule has 0 aromatic heterocycles. The van der Waals surface area contributed by atoms with E-state index in [1.807, 2.05) is 38.1 Å². The molecule has 1 heterocycles. The third kappa shape index (κ3) is 7.86. The number of Topliss-reactive ketones (excluding diaryl/α,β-unsaturated/α-hetero) is 1. The number of likely N-dealkylation sites (N-methyl/N-ethyl adjacent to an activating group) is 1. The van der Waals surface area contributed by atoms with Crippen molar-refractivity contribution >= 4 is 39.6 Å². The molecule has 14 heteroatoms. The lowest BCUT2D eigenvalue weighted by molar-refractivity contribution is -0.144. The van der Waals surface area contributed by atoms with Gasteiger partial charge in [-0.3, -0.25) is 19.2 Å². The van der Waals surface area contributed by atoms with Gasteiger partial charge in [0.1, 0.15) is 12.1 Å². The number of nitrogens with two attached hydrogens (primary N) is 1. The number of nitrogens with zero attached hydrogens (tertiary/aromatic N) is 2. The first-order valence-corrected chi connectivity index (χ1v) is 19.3. The summed E-state index contributed by atoms with van der Waals surface area (Å²) in [5, 5.41) is 8.55. The summed E-state index contributed by atoms with van der Waals surface area (Å²) in [7, 11) is -2.25. The van der Waals surface area contributed by atoms with E-state index in [0.29, 0.717) is 31.4 Å². The van der Waals surface area contributed by atoms with E-state index in [0.717, 1.165) is 24.0 Å². The molecule has 3 aliphatic carbocycles. The van der Waals surface area contributed by atoms with Gasteiger partial charge in [-0.2, -0.15) is 0 Å². The number of carbonyl (C=O) groups is 5. The molecule has 1 aromatic rings. The normalized spacial score (nSPS) is 24.2. The van der Waals surface area contributed by atoms with Gasteiger partial charge < -0.3 is 26.6 Å². The summed E-state index contributed by atoms with van der Waals surface area (Å²) in [6.45, 7) is 14.8. The number of rotatable bonds is 14. The fourth-order valence-electron chi connectivity index (χ4n) is 8.04. The van der Waals surface area contributed by atoms with Crippen molar-refractivity contribution < 1.29 is 32.4 Å². The van der Waals surface area contributed by atoms with Gasteiger partial charge in [0.2, 0.25) is 27.6 Å². The molecule has 5 N–H and O–H groups in total. The lowest BCUT2D eigenvalue weighted by Crippen LogP contribution is -2.61. The number of hydrogen-bond donors (Lipinski definition) is 4. The molecule has 1 aliphatic heterocycles. The van der Waals surface area contributed by atoms with Crippen molar-refractivity contribution in [3.8, 4) is 0 Å². The van der Waals surface area contributed by atoms with Gasteiger partial charge in [0.05, 0.1) is 16.8 Å². The van der Waals surface area contributed by atoms with Crippen LogP contribution in [0.1, 0.15) is 71.9 Å². The molecule has 5 rings (SSSR count). The van der Waals surface area contributed by atoms with E-state index in [9.17, 15) is 32.4 Å². The first kappa shape index (κ1) is 38.5. The molecule has 280 valence electrons. The van der Waals surface area contributed by atoms with Crippen molar-refractivity contribution in [2.24, 2.45) is 34.8 Å². The van der Waals surface area contributed by atoms with Crippen molar-refractivity contribution in [1.82, 2.24) is 25.2 Å². The van der Waals surface area contributed by atoms with Gasteiger partial charge in [-0.15, -0.1) is 0 Å². The minimum Gasteiger partial charge on any atom is -0.363 e. The number of likely N-dealkylation sites (tertiary alicyclic amines) is 1. The second-order valence-electron chi connectivity index (χ2n) is 16.7. The van der Waals surface area contributed by atoms with Crippen LogP contribution < -0.4 is 21.7 Å². The highest BCUT2D eigenvalue weighted by atomic mass is 32.2. The Balaban J connectivity index is 1.39. The molecule has 0 bridgehead atoms. The zero-order valence-corrected chi connectivity index (χ0v) is 31.6. The number of hydrogen-bond acceptors (Lipinski definition) is 7. The fourth-order valence-corrected chi connectivity index (χ4v) is 9.32. The Morgan fingerprint density at radius 2 is 1.61 bits per heavy atom. The van der Waals surface area contributed by atoms with Gasteiger partial charge in [0.25, 0.3) is 5.91 Å². The van der Waals surface area contributed by atoms with E-state index in [-0.39, 0.29) is 35.6 Å². The Morgan fingerprint density at radius 1 is 1.02 bits per heavy atom. The molecule has 1 aromatic carbocycles. The second-order valence-corrected chi connectivity index (χ2v) is 19.5. The van der Waals surface area contributed by atoms with Crippen LogP contribution in [0.3, 0.4) is 0 Å². The number of urea groups is 1. The number of sulfonamides is 1. The topological polar surface area (TPSA) is 188 Å². The minimum atomic E-state index is -3.70. The highest BCUT2D eigenvalue weighted by Crippen LogP contribution is 2.65. The molecular formula is C37H54N6O7S. The first-order valence-electron chi connectivity index (χ1n) is 17.8. The maximum absolute atomic E-state index is 14.7. The van der Waals surface area contributed by atoms with E-state index in [2.05, 4.69) is 22.5 Å². The van der Waals surface area contributed by atoms with Crippen LogP contribution in [0.15, 0.2) is 36.4 Å². The van der Waals surface area contributed by atoms with Gasteiger partial charge >= 0.3 is 6.03 Å². The Bertz CT molecular complexity index is 1690. The van der Waals surface area contributed by atoms with Crippen LogP contribution >= 0.6 is 0 Å². The van der Waals surface area contributed by atoms with Crippen molar-refractivity contribution in [2.45, 2.75) is 103 Å². The zero-order valence-electron chi connectivity index (χ0n) is 30.8. The number of primary amides is 1. The molecule has 6 atom stereocenters. The van der Waals surface area contributed by atoms with Crippen LogP contribution in [0.25, 0.3) is 0 Å². The van der Waals surface area contributed by atoms with E-state index >= 15 is 0 Å². The number of benzene rings is 1. The monoisotopic (exact) mass is 726 g/mol.